The average Bonchev–Trinajstić information content (AvgIpc) is 2.46. The van der Waals surface area contributed by atoms with Gasteiger partial charge in [0.1, 0.15) is 0 Å². The summed E-state index contributed by atoms with van der Waals surface area (Å²) in [6.45, 7) is 8.09. The Morgan fingerprint density at radius 3 is 2.71 bits per heavy atom. The summed E-state index contributed by atoms with van der Waals surface area (Å²) in [5, 5.41) is 12.0. The molecule has 1 aromatic heterocycles. The lowest BCUT2D eigenvalue weighted by molar-refractivity contribution is 0.0915. The largest absolute Gasteiger partial charge is 0.475 e. The molecule has 0 saturated carbocycles. The zero-order chi connectivity index (χ0) is 15.8. The van der Waals surface area contributed by atoms with E-state index in [0.717, 1.165) is 6.42 Å². The maximum Gasteiger partial charge on any atom is 0.251 e. The van der Waals surface area contributed by atoms with Crippen LogP contribution in [0.25, 0.3) is 0 Å². The van der Waals surface area contributed by atoms with Gasteiger partial charge in [-0.15, -0.1) is 0 Å². The number of carbonyl (C=O) groups excluding carboxylic acids is 1. The molecule has 0 fully saturated rings. The molecule has 2 N–H and O–H groups in total. The number of aromatic nitrogens is 1. The van der Waals surface area contributed by atoms with Crippen LogP contribution in [0, 0.1) is 5.92 Å². The van der Waals surface area contributed by atoms with Crippen LogP contribution in [-0.4, -0.2) is 34.8 Å². The molecule has 0 radical (unpaired) electrons. The van der Waals surface area contributed by atoms with Crippen LogP contribution in [0.4, 0.5) is 0 Å². The molecule has 1 amide bonds. The molecule has 0 spiro atoms. The van der Waals surface area contributed by atoms with Crippen molar-refractivity contribution in [2.75, 3.05) is 6.61 Å². The molecule has 5 nitrogen and oxygen atoms in total. The molecule has 0 aliphatic carbocycles. The van der Waals surface area contributed by atoms with Crippen molar-refractivity contribution in [2.45, 2.75) is 52.7 Å². The van der Waals surface area contributed by atoms with Crippen molar-refractivity contribution in [2.24, 2.45) is 5.92 Å². The molecular formula is C16H26N2O3. The van der Waals surface area contributed by atoms with Gasteiger partial charge in [-0.2, -0.15) is 0 Å². The number of rotatable bonds is 8. The highest BCUT2D eigenvalue weighted by Crippen LogP contribution is 2.13. The second-order valence-electron chi connectivity index (χ2n) is 5.56. The van der Waals surface area contributed by atoms with Gasteiger partial charge in [-0.1, -0.05) is 20.8 Å². The number of hydrogen-bond donors (Lipinski definition) is 2. The number of hydrogen-bond acceptors (Lipinski definition) is 4. The van der Waals surface area contributed by atoms with Gasteiger partial charge in [0.15, 0.2) is 0 Å². The van der Waals surface area contributed by atoms with Crippen LogP contribution in [0.3, 0.4) is 0 Å². The summed E-state index contributed by atoms with van der Waals surface area (Å²) in [6, 6.07) is 3.27. The Balaban J connectivity index is 2.75. The minimum absolute atomic E-state index is 0.0467. The van der Waals surface area contributed by atoms with E-state index < -0.39 is 0 Å². The van der Waals surface area contributed by atoms with Crippen LogP contribution in [-0.2, 0) is 0 Å². The van der Waals surface area contributed by atoms with Crippen molar-refractivity contribution in [1.82, 2.24) is 10.3 Å². The first-order valence-electron chi connectivity index (χ1n) is 7.52. The zero-order valence-electron chi connectivity index (χ0n) is 13.3. The van der Waals surface area contributed by atoms with Crippen molar-refractivity contribution < 1.29 is 14.6 Å². The number of nitrogens with zero attached hydrogens (tertiary/aromatic N) is 1. The van der Waals surface area contributed by atoms with Gasteiger partial charge >= 0.3 is 0 Å². The molecule has 5 heteroatoms. The molecule has 0 aromatic carbocycles. The summed E-state index contributed by atoms with van der Waals surface area (Å²) in [7, 11) is 0. The fourth-order valence-electron chi connectivity index (χ4n) is 1.87. The molecule has 1 rings (SSSR count). The highest BCUT2D eigenvalue weighted by Gasteiger charge is 2.17. The van der Waals surface area contributed by atoms with Crippen molar-refractivity contribution >= 4 is 5.91 Å². The van der Waals surface area contributed by atoms with Gasteiger partial charge in [0.05, 0.1) is 6.10 Å². The molecule has 2 atom stereocenters. The first kappa shape index (κ1) is 17.4. The Morgan fingerprint density at radius 1 is 1.43 bits per heavy atom. The minimum Gasteiger partial charge on any atom is -0.475 e. The van der Waals surface area contributed by atoms with Crippen molar-refractivity contribution in [3.05, 3.63) is 23.9 Å². The molecule has 1 aromatic rings. The number of amides is 1. The topological polar surface area (TPSA) is 71.5 Å². The van der Waals surface area contributed by atoms with Gasteiger partial charge in [-0.05, 0) is 31.7 Å². The van der Waals surface area contributed by atoms with Gasteiger partial charge in [-0.25, -0.2) is 4.98 Å². The Morgan fingerprint density at radius 2 is 2.14 bits per heavy atom. The quantitative estimate of drug-likeness (QED) is 0.772. The number of pyridine rings is 1. The number of nitrogens with one attached hydrogen (secondary N) is 1. The van der Waals surface area contributed by atoms with E-state index in [0.29, 0.717) is 17.9 Å². The van der Waals surface area contributed by atoms with Gasteiger partial charge in [0, 0.05) is 30.5 Å². The SMILES string of the molecule is CCC(C)Oc1cc(C(=O)NC(CCO)C(C)C)ccn1. The Labute approximate surface area is 126 Å². The lowest BCUT2D eigenvalue weighted by atomic mass is 10.0. The maximum atomic E-state index is 12.3. The lowest BCUT2D eigenvalue weighted by Gasteiger charge is -2.21. The van der Waals surface area contributed by atoms with E-state index in [1.165, 1.54) is 0 Å². The van der Waals surface area contributed by atoms with Gasteiger partial charge < -0.3 is 15.2 Å². The number of aliphatic hydroxyl groups is 1. The van der Waals surface area contributed by atoms with Crippen LogP contribution in [0.5, 0.6) is 5.88 Å². The third-order valence-electron chi connectivity index (χ3n) is 3.46. The third kappa shape index (κ3) is 5.71. The minimum atomic E-state index is -0.168. The molecule has 0 bridgehead atoms. The summed E-state index contributed by atoms with van der Waals surface area (Å²) in [4.78, 5) is 16.4. The summed E-state index contributed by atoms with van der Waals surface area (Å²) in [6.07, 6.45) is 3.06. The number of aliphatic hydroxyl groups excluding tert-OH is 1. The van der Waals surface area contributed by atoms with Crippen LogP contribution in [0.1, 0.15) is 50.9 Å². The average molecular weight is 294 g/mol. The van der Waals surface area contributed by atoms with Crippen molar-refractivity contribution in [1.29, 1.82) is 0 Å². The fourth-order valence-corrected chi connectivity index (χ4v) is 1.87. The van der Waals surface area contributed by atoms with E-state index in [2.05, 4.69) is 10.3 Å². The van der Waals surface area contributed by atoms with Crippen LogP contribution < -0.4 is 10.1 Å². The van der Waals surface area contributed by atoms with Gasteiger partial charge in [0.2, 0.25) is 5.88 Å². The fraction of sp³-hybridized carbons (Fsp3) is 0.625. The Hall–Kier alpha value is -1.62. The van der Waals surface area contributed by atoms with Crippen molar-refractivity contribution in [3.8, 4) is 5.88 Å². The first-order valence-corrected chi connectivity index (χ1v) is 7.52. The van der Waals surface area contributed by atoms with Crippen LogP contribution in [0.2, 0.25) is 0 Å². The summed E-state index contributed by atoms with van der Waals surface area (Å²) in [5.74, 6) is 0.553. The van der Waals surface area contributed by atoms with Gasteiger partial charge in [0.25, 0.3) is 5.91 Å². The lowest BCUT2D eigenvalue weighted by Crippen LogP contribution is -2.39. The van der Waals surface area contributed by atoms with E-state index in [1.54, 1.807) is 18.3 Å². The van der Waals surface area contributed by atoms with E-state index in [-0.39, 0.29) is 30.6 Å². The van der Waals surface area contributed by atoms with Gasteiger partial charge in [-0.3, -0.25) is 4.79 Å². The highest BCUT2D eigenvalue weighted by atomic mass is 16.5. The summed E-state index contributed by atoms with van der Waals surface area (Å²) >= 11 is 0. The number of ether oxygens (including phenoxy) is 1. The monoisotopic (exact) mass is 294 g/mol. The molecule has 0 aliphatic rings. The third-order valence-corrected chi connectivity index (χ3v) is 3.46. The summed E-state index contributed by atoms with van der Waals surface area (Å²) < 4.78 is 5.62. The molecule has 0 saturated heterocycles. The van der Waals surface area contributed by atoms with E-state index >= 15 is 0 Å². The first-order chi connectivity index (χ1) is 9.97. The highest BCUT2D eigenvalue weighted by molar-refractivity contribution is 5.94. The maximum absolute atomic E-state index is 12.3. The van der Waals surface area contributed by atoms with E-state index in [4.69, 9.17) is 9.84 Å². The predicted octanol–water partition coefficient (Wildman–Crippen LogP) is 2.40. The van der Waals surface area contributed by atoms with Crippen molar-refractivity contribution in [3.63, 3.8) is 0 Å². The standard InChI is InChI=1S/C16H26N2O3/c1-5-12(4)21-15-10-13(6-8-17-15)16(20)18-14(7-9-19)11(2)3/h6,8,10-12,14,19H,5,7,9H2,1-4H3,(H,18,20). The Bertz CT molecular complexity index is 449. The molecule has 0 aliphatic heterocycles. The van der Waals surface area contributed by atoms with Crippen LogP contribution in [0.15, 0.2) is 18.3 Å². The predicted molar refractivity (Wildman–Crippen MR) is 82.4 cm³/mol. The molecular weight excluding hydrogens is 268 g/mol. The Kier molecular flexibility index (Phi) is 7.15. The van der Waals surface area contributed by atoms with E-state index in [9.17, 15) is 4.79 Å². The smallest absolute Gasteiger partial charge is 0.251 e. The van der Waals surface area contributed by atoms with E-state index in [1.807, 2.05) is 27.7 Å². The van der Waals surface area contributed by atoms with Crippen LogP contribution >= 0.6 is 0 Å². The summed E-state index contributed by atoms with van der Waals surface area (Å²) in [5.41, 5.74) is 0.520. The molecule has 21 heavy (non-hydrogen) atoms. The molecule has 1 heterocycles. The second kappa shape index (κ2) is 8.62. The second-order valence-corrected chi connectivity index (χ2v) is 5.56. The molecule has 2 unspecified atom stereocenters. The number of carbonyl (C=O) groups is 1. The molecule has 118 valence electrons. The normalized spacial score (nSPS) is 13.8. The zero-order valence-corrected chi connectivity index (χ0v) is 13.3.